The topological polar surface area (TPSA) is 98.0 Å². The molecule has 0 unspecified atom stereocenters. The highest BCUT2D eigenvalue weighted by atomic mass is 35.5. The summed E-state index contributed by atoms with van der Waals surface area (Å²) in [6.45, 7) is 0. The molecule has 0 aromatic heterocycles. The van der Waals surface area contributed by atoms with Crippen LogP contribution in [0.15, 0.2) is 6.07 Å². The minimum atomic E-state index is -1.53. The third-order valence-corrected chi connectivity index (χ3v) is 1.79. The van der Waals surface area contributed by atoms with Gasteiger partial charge >= 0.3 is 5.97 Å². The molecule has 0 saturated heterocycles. The van der Waals surface area contributed by atoms with Crippen molar-refractivity contribution in [1.29, 1.82) is 0 Å². The number of phenolic OH excluding ortho intramolecular Hbond substituents is 1. The molecule has 70 valence electrons. The van der Waals surface area contributed by atoms with Crippen molar-refractivity contribution in [3.05, 3.63) is 16.7 Å². The van der Waals surface area contributed by atoms with Crippen molar-refractivity contribution in [3.8, 4) is 17.2 Å². The monoisotopic (exact) mass is 204 g/mol. The van der Waals surface area contributed by atoms with Crippen LogP contribution in [0.25, 0.3) is 0 Å². The number of rotatable bonds is 1. The lowest BCUT2D eigenvalue weighted by Gasteiger charge is -2.05. The Bertz CT molecular complexity index is 374. The molecule has 5 nitrogen and oxygen atoms in total. The van der Waals surface area contributed by atoms with Gasteiger partial charge in [0.25, 0.3) is 0 Å². The van der Waals surface area contributed by atoms with E-state index in [1.165, 1.54) is 0 Å². The smallest absolute Gasteiger partial charge is 0.343 e. The van der Waals surface area contributed by atoms with Gasteiger partial charge in [-0.15, -0.1) is 0 Å². The summed E-state index contributed by atoms with van der Waals surface area (Å²) >= 11 is 5.32. The maximum Gasteiger partial charge on any atom is 0.343 e. The van der Waals surface area contributed by atoms with E-state index < -0.39 is 33.8 Å². The molecule has 0 spiro atoms. The van der Waals surface area contributed by atoms with Crippen LogP contribution < -0.4 is 0 Å². The lowest BCUT2D eigenvalue weighted by molar-refractivity contribution is 0.0690. The molecule has 1 aromatic rings. The lowest BCUT2D eigenvalue weighted by Crippen LogP contribution is -1.97. The predicted molar refractivity (Wildman–Crippen MR) is 43.4 cm³/mol. The molecule has 0 radical (unpaired) electrons. The number of carboxylic acids is 1. The highest BCUT2D eigenvalue weighted by Crippen LogP contribution is 2.40. The van der Waals surface area contributed by atoms with Gasteiger partial charge in [0, 0.05) is 6.07 Å². The molecule has 0 aliphatic carbocycles. The van der Waals surface area contributed by atoms with Crippen molar-refractivity contribution in [2.45, 2.75) is 0 Å². The van der Waals surface area contributed by atoms with Crippen LogP contribution in [0.4, 0.5) is 0 Å². The Balaban J connectivity index is 3.53. The largest absolute Gasteiger partial charge is 0.507 e. The molecule has 6 heteroatoms. The van der Waals surface area contributed by atoms with Crippen LogP contribution in [0.3, 0.4) is 0 Å². The summed E-state index contributed by atoms with van der Waals surface area (Å²) in [6.07, 6.45) is 0. The first kappa shape index (κ1) is 9.47. The minimum absolute atomic E-state index is 0.504. The molecule has 0 heterocycles. The molecule has 0 saturated carbocycles. The summed E-state index contributed by atoms with van der Waals surface area (Å²) in [5, 5.41) is 35.0. The fourth-order valence-corrected chi connectivity index (χ4v) is 0.977. The van der Waals surface area contributed by atoms with Crippen molar-refractivity contribution in [2.24, 2.45) is 0 Å². The van der Waals surface area contributed by atoms with Gasteiger partial charge in [0.2, 0.25) is 0 Å². The minimum Gasteiger partial charge on any atom is -0.507 e. The van der Waals surface area contributed by atoms with E-state index in [2.05, 4.69) is 0 Å². The quantitative estimate of drug-likeness (QED) is 0.550. The average Bonchev–Trinajstić information content (AvgIpc) is 1.99. The number of hydrogen-bond donors (Lipinski definition) is 4. The van der Waals surface area contributed by atoms with Gasteiger partial charge in [0.1, 0.15) is 22.1 Å². The molecular formula is C7H5ClO5. The third-order valence-electron chi connectivity index (χ3n) is 1.41. The Morgan fingerprint density at radius 1 is 1.23 bits per heavy atom. The summed E-state index contributed by atoms with van der Waals surface area (Å²) in [5.74, 6) is -3.71. The van der Waals surface area contributed by atoms with Gasteiger partial charge in [-0.05, 0) is 0 Å². The second-order valence-corrected chi connectivity index (χ2v) is 2.64. The maximum atomic E-state index is 10.4. The van der Waals surface area contributed by atoms with Crippen molar-refractivity contribution >= 4 is 17.6 Å². The Hall–Kier alpha value is -1.62. The summed E-state index contributed by atoms with van der Waals surface area (Å²) in [4.78, 5) is 10.4. The zero-order chi connectivity index (χ0) is 10.2. The molecule has 0 amide bonds. The van der Waals surface area contributed by atoms with E-state index in [0.29, 0.717) is 0 Å². The second-order valence-electron chi connectivity index (χ2n) is 2.26. The summed E-state index contributed by atoms with van der Waals surface area (Å²) in [7, 11) is 0. The van der Waals surface area contributed by atoms with E-state index in [-0.39, 0.29) is 0 Å². The Morgan fingerprint density at radius 3 is 2.23 bits per heavy atom. The van der Waals surface area contributed by atoms with Crippen molar-refractivity contribution in [3.63, 3.8) is 0 Å². The number of carboxylic acid groups (broad SMARTS) is 1. The van der Waals surface area contributed by atoms with E-state index in [9.17, 15) is 4.79 Å². The van der Waals surface area contributed by atoms with E-state index in [1.807, 2.05) is 0 Å². The second kappa shape index (κ2) is 3.02. The standard InChI is InChI=1S/C7H5ClO5/c8-5-3(10)1-2(9)4(6(5)11)7(12)13/h1,9-11H,(H,12,13). The van der Waals surface area contributed by atoms with Gasteiger partial charge in [0.15, 0.2) is 5.75 Å². The molecule has 1 aromatic carbocycles. The van der Waals surface area contributed by atoms with Gasteiger partial charge in [-0.2, -0.15) is 0 Å². The average molecular weight is 205 g/mol. The first-order valence-corrected chi connectivity index (χ1v) is 3.49. The summed E-state index contributed by atoms with van der Waals surface area (Å²) < 4.78 is 0. The van der Waals surface area contributed by atoms with E-state index in [1.54, 1.807) is 0 Å². The fraction of sp³-hybridized carbons (Fsp3) is 0. The summed E-state index contributed by atoms with van der Waals surface area (Å²) in [6, 6.07) is 0.742. The van der Waals surface area contributed by atoms with Crippen LogP contribution in [-0.2, 0) is 0 Å². The zero-order valence-electron chi connectivity index (χ0n) is 6.15. The molecule has 4 N–H and O–H groups in total. The first-order valence-electron chi connectivity index (χ1n) is 3.11. The fourth-order valence-electron chi connectivity index (χ4n) is 0.828. The van der Waals surface area contributed by atoms with Crippen molar-refractivity contribution in [2.75, 3.05) is 0 Å². The molecule has 0 fully saturated rings. The molecule has 1 rings (SSSR count). The van der Waals surface area contributed by atoms with Crippen LogP contribution in [0, 0.1) is 0 Å². The van der Waals surface area contributed by atoms with Gasteiger partial charge in [-0.1, -0.05) is 11.6 Å². The van der Waals surface area contributed by atoms with E-state index in [0.717, 1.165) is 6.07 Å². The Kier molecular flexibility index (Phi) is 2.20. The predicted octanol–water partition coefficient (Wildman–Crippen LogP) is 1.16. The van der Waals surface area contributed by atoms with Gasteiger partial charge in [-0.3, -0.25) is 0 Å². The van der Waals surface area contributed by atoms with Crippen LogP contribution in [0.1, 0.15) is 10.4 Å². The third kappa shape index (κ3) is 1.46. The van der Waals surface area contributed by atoms with E-state index >= 15 is 0 Å². The van der Waals surface area contributed by atoms with Gasteiger partial charge in [-0.25, -0.2) is 4.79 Å². The first-order chi connectivity index (χ1) is 5.95. The number of carbonyl (C=O) groups is 1. The highest BCUT2D eigenvalue weighted by molar-refractivity contribution is 6.34. The molecular weight excluding hydrogens is 200 g/mol. The van der Waals surface area contributed by atoms with Crippen LogP contribution >= 0.6 is 11.6 Å². The van der Waals surface area contributed by atoms with Gasteiger partial charge in [0.05, 0.1) is 0 Å². The normalized spacial score (nSPS) is 9.92. The maximum absolute atomic E-state index is 10.4. The van der Waals surface area contributed by atoms with Crippen LogP contribution in [-0.4, -0.2) is 26.4 Å². The number of aromatic hydroxyl groups is 3. The Labute approximate surface area is 77.4 Å². The lowest BCUT2D eigenvalue weighted by atomic mass is 10.1. The number of hydrogen-bond acceptors (Lipinski definition) is 4. The summed E-state index contributed by atoms with van der Waals surface area (Å²) in [5.41, 5.74) is -0.734. The van der Waals surface area contributed by atoms with Crippen LogP contribution in [0.2, 0.25) is 5.02 Å². The number of aromatic carboxylic acids is 1. The van der Waals surface area contributed by atoms with Crippen molar-refractivity contribution < 1.29 is 25.2 Å². The molecule has 0 atom stereocenters. The van der Waals surface area contributed by atoms with Crippen molar-refractivity contribution in [1.82, 2.24) is 0 Å². The van der Waals surface area contributed by atoms with E-state index in [4.69, 9.17) is 32.0 Å². The zero-order valence-corrected chi connectivity index (χ0v) is 6.91. The van der Waals surface area contributed by atoms with Crippen LogP contribution in [0.5, 0.6) is 17.2 Å². The Morgan fingerprint density at radius 2 is 1.77 bits per heavy atom. The SMILES string of the molecule is O=C(O)c1c(O)cc(O)c(Cl)c1O. The number of benzene rings is 1. The number of halogens is 1. The van der Waals surface area contributed by atoms with Gasteiger partial charge < -0.3 is 20.4 Å². The highest BCUT2D eigenvalue weighted by Gasteiger charge is 2.20. The number of phenols is 3. The molecule has 0 aliphatic heterocycles. The molecule has 13 heavy (non-hydrogen) atoms. The molecule has 0 bridgehead atoms. The molecule has 0 aliphatic rings.